The van der Waals surface area contributed by atoms with Crippen LogP contribution in [0.1, 0.15) is 51.5 Å². The van der Waals surface area contributed by atoms with Crippen molar-refractivity contribution in [2.45, 2.75) is 52.0 Å². The number of nitrogens with one attached hydrogen (secondary N) is 1. The van der Waals surface area contributed by atoms with Crippen molar-refractivity contribution >= 4 is 11.3 Å². The van der Waals surface area contributed by atoms with Gasteiger partial charge in [0.15, 0.2) is 0 Å². The highest BCUT2D eigenvalue weighted by molar-refractivity contribution is 7.09. The molecule has 3 atom stereocenters. The molecule has 3 heteroatoms. The highest BCUT2D eigenvalue weighted by Gasteiger charge is 2.40. The summed E-state index contributed by atoms with van der Waals surface area (Å²) >= 11 is 1.81. The average molecular weight is 252 g/mol. The van der Waals surface area contributed by atoms with E-state index in [2.05, 4.69) is 36.5 Å². The standard InChI is InChI=1S/C14H24N2S/c1-4-7-16-14(13-15-8-9-17-13)6-5-11(2)12(3)10-14/h8-9,11-12,16H,4-7,10H2,1-3H3. The quantitative estimate of drug-likeness (QED) is 0.882. The van der Waals surface area contributed by atoms with Crippen LogP contribution in [0.15, 0.2) is 11.6 Å². The van der Waals surface area contributed by atoms with Gasteiger partial charge >= 0.3 is 0 Å². The zero-order valence-electron chi connectivity index (χ0n) is 11.2. The summed E-state index contributed by atoms with van der Waals surface area (Å²) in [5.41, 5.74) is 0.163. The predicted molar refractivity (Wildman–Crippen MR) is 74.3 cm³/mol. The molecule has 1 heterocycles. The third kappa shape index (κ3) is 2.71. The SMILES string of the molecule is CCCNC1(c2nccs2)CCC(C)C(C)C1. The zero-order chi connectivity index (χ0) is 12.3. The molecule has 0 radical (unpaired) electrons. The Hall–Kier alpha value is -0.410. The number of aromatic nitrogens is 1. The number of nitrogens with zero attached hydrogens (tertiary/aromatic N) is 1. The molecule has 1 fully saturated rings. The minimum Gasteiger partial charge on any atom is -0.305 e. The Labute approximate surface area is 109 Å². The van der Waals surface area contributed by atoms with Gasteiger partial charge in [-0.25, -0.2) is 4.98 Å². The van der Waals surface area contributed by atoms with Crippen LogP contribution in [-0.4, -0.2) is 11.5 Å². The molecule has 1 aliphatic carbocycles. The van der Waals surface area contributed by atoms with Gasteiger partial charge in [-0.15, -0.1) is 11.3 Å². The lowest BCUT2D eigenvalue weighted by molar-refractivity contribution is 0.140. The van der Waals surface area contributed by atoms with E-state index in [1.807, 2.05) is 17.5 Å². The van der Waals surface area contributed by atoms with E-state index < -0.39 is 0 Å². The maximum Gasteiger partial charge on any atom is 0.113 e. The van der Waals surface area contributed by atoms with Crippen LogP contribution in [0.5, 0.6) is 0 Å². The highest BCUT2D eigenvalue weighted by Crippen LogP contribution is 2.43. The molecule has 1 aliphatic rings. The molecular weight excluding hydrogens is 228 g/mol. The van der Waals surface area contributed by atoms with Crippen LogP contribution < -0.4 is 5.32 Å². The summed E-state index contributed by atoms with van der Waals surface area (Å²) in [6.45, 7) is 8.11. The van der Waals surface area contributed by atoms with Crippen molar-refractivity contribution in [3.8, 4) is 0 Å². The minimum absolute atomic E-state index is 0.163. The third-order valence-electron chi connectivity index (χ3n) is 4.22. The maximum absolute atomic E-state index is 4.58. The zero-order valence-corrected chi connectivity index (χ0v) is 12.0. The Morgan fingerprint density at radius 3 is 2.88 bits per heavy atom. The number of hydrogen-bond donors (Lipinski definition) is 1. The van der Waals surface area contributed by atoms with Crippen molar-refractivity contribution in [1.82, 2.24) is 10.3 Å². The molecule has 0 aromatic carbocycles. The van der Waals surface area contributed by atoms with Gasteiger partial charge < -0.3 is 5.32 Å². The van der Waals surface area contributed by atoms with Gasteiger partial charge in [-0.1, -0.05) is 20.8 Å². The van der Waals surface area contributed by atoms with E-state index in [1.165, 1.54) is 30.7 Å². The topological polar surface area (TPSA) is 24.9 Å². The molecule has 1 aromatic rings. The Morgan fingerprint density at radius 1 is 1.47 bits per heavy atom. The van der Waals surface area contributed by atoms with Crippen LogP contribution >= 0.6 is 11.3 Å². The van der Waals surface area contributed by atoms with Gasteiger partial charge in [-0.2, -0.15) is 0 Å². The van der Waals surface area contributed by atoms with Crippen molar-refractivity contribution in [2.24, 2.45) is 11.8 Å². The lowest BCUT2D eigenvalue weighted by Gasteiger charge is -2.42. The minimum atomic E-state index is 0.163. The van der Waals surface area contributed by atoms with Crippen molar-refractivity contribution in [3.05, 3.63) is 16.6 Å². The second kappa shape index (κ2) is 5.49. The van der Waals surface area contributed by atoms with Gasteiger partial charge in [0.25, 0.3) is 0 Å². The molecule has 0 saturated heterocycles. The van der Waals surface area contributed by atoms with Gasteiger partial charge in [0.05, 0.1) is 5.54 Å². The first-order valence-electron chi connectivity index (χ1n) is 6.83. The van der Waals surface area contributed by atoms with Gasteiger partial charge in [-0.3, -0.25) is 0 Å². The molecule has 0 spiro atoms. The second-order valence-corrected chi connectivity index (χ2v) is 6.44. The number of thiazole rings is 1. The van der Waals surface area contributed by atoms with Crippen LogP contribution in [0.25, 0.3) is 0 Å². The summed E-state index contributed by atoms with van der Waals surface area (Å²) in [6, 6.07) is 0. The maximum atomic E-state index is 4.58. The lowest BCUT2D eigenvalue weighted by Crippen LogP contribution is -2.47. The predicted octanol–water partition coefficient (Wildman–Crippen LogP) is 3.79. The monoisotopic (exact) mass is 252 g/mol. The molecule has 1 aromatic heterocycles. The molecule has 3 unspecified atom stereocenters. The van der Waals surface area contributed by atoms with E-state index >= 15 is 0 Å². The second-order valence-electron chi connectivity index (χ2n) is 5.54. The highest BCUT2D eigenvalue weighted by atomic mass is 32.1. The Bertz CT molecular complexity index is 332. The van der Waals surface area contributed by atoms with Gasteiger partial charge in [0, 0.05) is 11.6 Å². The van der Waals surface area contributed by atoms with Crippen LogP contribution in [0, 0.1) is 11.8 Å². The fourth-order valence-corrected chi connectivity index (χ4v) is 3.72. The van der Waals surface area contributed by atoms with E-state index in [0.29, 0.717) is 0 Å². The van der Waals surface area contributed by atoms with Gasteiger partial charge in [0.1, 0.15) is 5.01 Å². The molecule has 2 rings (SSSR count). The molecule has 1 N–H and O–H groups in total. The normalized spacial score (nSPS) is 33.8. The van der Waals surface area contributed by atoms with Crippen molar-refractivity contribution in [1.29, 1.82) is 0 Å². The van der Waals surface area contributed by atoms with Gasteiger partial charge in [-0.05, 0) is 44.1 Å². The molecule has 1 saturated carbocycles. The fraction of sp³-hybridized carbons (Fsp3) is 0.786. The van der Waals surface area contributed by atoms with Crippen LogP contribution in [0.2, 0.25) is 0 Å². The van der Waals surface area contributed by atoms with Crippen LogP contribution in [0.3, 0.4) is 0 Å². The molecule has 0 bridgehead atoms. The Kier molecular flexibility index (Phi) is 4.21. The third-order valence-corrected chi connectivity index (χ3v) is 5.20. The number of hydrogen-bond acceptors (Lipinski definition) is 3. The largest absolute Gasteiger partial charge is 0.305 e. The molecular formula is C14H24N2S. The van der Waals surface area contributed by atoms with Crippen molar-refractivity contribution in [2.75, 3.05) is 6.54 Å². The molecule has 0 amide bonds. The summed E-state index contributed by atoms with van der Waals surface area (Å²) < 4.78 is 0. The van der Waals surface area contributed by atoms with E-state index in [4.69, 9.17) is 0 Å². The smallest absolute Gasteiger partial charge is 0.113 e. The van der Waals surface area contributed by atoms with Crippen LogP contribution in [0.4, 0.5) is 0 Å². The molecule has 96 valence electrons. The first-order valence-corrected chi connectivity index (χ1v) is 7.71. The van der Waals surface area contributed by atoms with Crippen LogP contribution in [-0.2, 0) is 5.54 Å². The van der Waals surface area contributed by atoms with E-state index in [1.54, 1.807) is 0 Å². The van der Waals surface area contributed by atoms with Gasteiger partial charge in [0.2, 0.25) is 0 Å². The van der Waals surface area contributed by atoms with Crippen molar-refractivity contribution < 1.29 is 0 Å². The summed E-state index contributed by atoms with van der Waals surface area (Å²) in [5, 5.41) is 7.19. The van der Waals surface area contributed by atoms with E-state index in [-0.39, 0.29) is 5.54 Å². The molecule has 2 nitrogen and oxygen atoms in total. The average Bonchev–Trinajstić information content (AvgIpc) is 2.85. The van der Waals surface area contributed by atoms with Crippen molar-refractivity contribution in [3.63, 3.8) is 0 Å². The first-order chi connectivity index (χ1) is 8.18. The summed E-state index contributed by atoms with van der Waals surface area (Å²) in [6.07, 6.45) is 6.93. The molecule has 0 aliphatic heterocycles. The Morgan fingerprint density at radius 2 is 2.29 bits per heavy atom. The lowest BCUT2D eigenvalue weighted by atomic mass is 9.71. The fourth-order valence-electron chi connectivity index (χ4n) is 2.87. The van der Waals surface area contributed by atoms with E-state index in [0.717, 1.165) is 18.4 Å². The summed E-state index contributed by atoms with van der Waals surface area (Å²) in [4.78, 5) is 4.58. The Balaban J connectivity index is 2.19. The first kappa shape index (κ1) is 13.0. The van der Waals surface area contributed by atoms with E-state index in [9.17, 15) is 0 Å². The summed E-state index contributed by atoms with van der Waals surface area (Å²) in [7, 11) is 0. The number of rotatable bonds is 4. The molecule has 17 heavy (non-hydrogen) atoms. The summed E-state index contributed by atoms with van der Waals surface area (Å²) in [5.74, 6) is 1.64.